The minimum atomic E-state index is 0.435. The molecule has 0 aromatic heterocycles. The Morgan fingerprint density at radius 3 is 2.33 bits per heavy atom. The van der Waals surface area contributed by atoms with Crippen LogP contribution < -0.4 is 0 Å². The van der Waals surface area contributed by atoms with E-state index in [2.05, 4.69) is 13.8 Å². The van der Waals surface area contributed by atoms with Crippen molar-refractivity contribution in [2.24, 2.45) is 0 Å². The summed E-state index contributed by atoms with van der Waals surface area (Å²) in [6.07, 6.45) is 12.1. The molecule has 1 fully saturated rings. The van der Waals surface area contributed by atoms with Gasteiger partial charge in [0.05, 0.1) is 0 Å². The highest BCUT2D eigenvalue weighted by atomic mass is 31.1. The average Bonchev–Trinajstić information content (AvgIpc) is 2.59. The third kappa shape index (κ3) is 3.05. The predicted octanol–water partition coefficient (Wildman–Crippen LogP) is 4.23. The minimum absolute atomic E-state index is 0.435. The van der Waals surface area contributed by atoms with E-state index in [0.717, 1.165) is 5.66 Å². The lowest BCUT2D eigenvalue weighted by Crippen LogP contribution is -2.03. The SMILES string of the molecule is CCCCP(CC)C1CCCC1. The standard InChI is InChI=1S/C11H23P/c1-3-5-10-12(4-2)11-8-6-7-9-11/h11H,3-10H2,1-2H3. The molecule has 0 N–H and O–H groups in total. The summed E-state index contributed by atoms with van der Waals surface area (Å²) in [7, 11) is 0.435. The van der Waals surface area contributed by atoms with Crippen LogP contribution in [0.25, 0.3) is 0 Å². The minimum Gasteiger partial charge on any atom is -0.104 e. The van der Waals surface area contributed by atoms with Gasteiger partial charge in [-0.05, 0) is 37.2 Å². The molecule has 0 aromatic carbocycles. The predicted molar refractivity (Wildman–Crippen MR) is 59.5 cm³/mol. The second-order valence-corrected chi connectivity index (χ2v) is 6.91. The zero-order valence-corrected chi connectivity index (χ0v) is 9.58. The molecule has 0 amide bonds. The summed E-state index contributed by atoms with van der Waals surface area (Å²) in [6.45, 7) is 4.72. The van der Waals surface area contributed by atoms with Crippen molar-refractivity contribution in [2.75, 3.05) is 12.3 Å². The van der Waals surface area contributed by atoms with E-state index in [1.807, 2.05) is 0 Å². The topological polar surface area (TPSA) is 0 Å². The van der Waals surface area contributed by atoms with Crippen LogP contribution in [0.4, 0.5) is 0 Å². The molecule has 0 heterocycles. The first kappa shape index (κ1) is 10.5. The van der Waals surface area contributed by atoms with Crippen LogP contribution in [0.3, 0.4) is 0 Å². The van der Waals surface area contributed by atoms with Crippen LogP contribution in [0.15, 0.2) is 0 Å². The van der Waals surface area contributed by atoms with Crippen molar-refractivity contribution in [3.63, 3.8) is 0 Å². The highest BCUT2D eigenvalue weighted by Crippen LogP contribution is 2.48. The van der Waals surface area contributed by atoms with Crippen molar-refractivity contribution in [2.45, 2.75) is 58.0 Å². The second kappa shape index (κ2) is 5.97. The number of unbranched alkanes of at least 4 members (excludes halogenated alkanes) is 1. The molecule has 1 aliphatic carbocycles. The van der Waals surface area contributed by atoms with E-state index in [-0.39, 0.29) is 0 Å². The molecule has 0 nitrogen and oxygen atoms in total. The van der Waals surface area contributed by atoms with Crippen LogP contribution in [0.5, 0.6) is 0 Å². The molecule has 12 heavy (non-hydrogen) atoms. The lowest BCUT2D eigenvalue weighted by Gasteiger charge is -2.22. The number of hydrogen-bond donors (Lipinski definition) is 0. The van der Waals surface area contributed by atoms with Gasteiger partial charge in [-0.15, -0.1) is 7.92 Å². The van der Waals surface area contributed by atoms with Crippen molar-refractivity contribution >= 4 is 7.92 Å². The molecule has 1 aliphatic rings. The largest absolute Gasteiger partial charge is 0.104 e. The molecule has 1 saturated carbocycles. The normalized spacial score (nSPS) is 21.5. The van der Waals surface area contributed by atoms with E-state index >= 15 is 0 Å². The quantitative estimate of drug-likeness (QED) is 0.563. The van der Waals surface area contributed by atoms with Gasteiger partial charge < -0.3 is 0 Å². The third-order valence-electron chi connectivity index (χ3n) is 3.05. The van der Waals surface area contributed by atoms with Gasteiger partial charge in [-0.1, -0.05) is 33.1 Å². The van der Waals surface area contributed by atoms with Gasteiger partial charge in [0.1, 0.15) is 0 Å². The lowest BCUT2D eigenvalue weighted by atomic mass is 10.4. The maximum atomic E-state index is 2.40. The van der Waals surface area contributed by atoms with Crippen molar-refractivity contribution in [3.8, 4) is 0 Å². The third-order valence-corrected chi connectivity index (χ3v) is 6.30. The molecule has 0 aromatic rings. The smallest absolute Gasteiger partial charge is 0.0209 e. The first-order chi connectivity index (χ1) is 5.88. The van der Waals surface area contributed by atoms with Gasteiger partial charge >= 0.3 is 0 Å². The first-order valence-electron chi connectivity index (χ1n) is 5.62. The molecule has 1 unspecified atom stereocenters. The molecule has 0 spiro atoms. The van der Waals surface area contributed by atoms with E-state index in [4.69, 9.17) is 0 Å². The van der Waals surface area contributed by atoms with Crippen LogP contribution >= 0.6 is 7.92 Å². The Bertz CT molecular complexity index is 106. The van der Waals surface area contributed by atoms with E-state index in [0.29, 0.717) is 7.92 Å². The van der Waals surface area contributed by atoms with Crippen molar-refractivity contribution in [3.05, 3.63) is 0 Å². The van der Waals surface area contributed by atoms with Gasteiger partial charge in [-0.25, -0.2) is 0 Å². The van der Waals surface area contributed by atoms with Gasteiger partial charge in [0, 0.05) is 0 Å². The summed E-state index contributed by atoms with van der Waals surface area (Å²) in [6, 6.07) is 0. The highest BCUT2D eigenvalue weighted by Gasteiger charge is 2.22. The maximum Gasteiger partial charge on any atom is -0.0209 e. The van der Waals surface area contributed by atoms with Crippen LogP contribution in [0, 0.1) is 0 Å². The van der Waals surface area contributed by atoms with Gasteiger partial charge in [0.2, 0.25) is 0 Å². The van der Waals surface area contributed by atoms with Gasteiger partial charge in [0.15, 0.2) is 0 Å². The molecule has 1 rings (SSSR count). The van der Waals surface area contributed by atoms with E-state index in [9.17, 15) is 0 Å². The van der Waals surface area contributed by atoms with Crippen LogP contribution in [0.1, 0.15) is 52.4 Å². The first-order valence-corrected chi connectivity index (χ1v) is 7.40. The Balaban J connectivity index is 2.22. The highest BCUT2D eigenvalue weighted by molar-refractivity contribution is 7.58. The van der Waals surface area contributed by atoms with Crippen molar-refractivity contribution < 1.29 is 0 Å². The monoisotopic (exact) mass is 186 g/mol. The van der Waals surface area contributed by atoms with E-state index < -0.39 is 0 Å². The van der Waals surface area contributed by atoms with Gasteiger partial charge in [0.25, 0.3) is 0 Å². The molecule has 1 heteroatoms. The number of rotatable bonds is 5. The Morgan fingerprint density at radius 1 is 1.17 bits per heavy atom. The van der Waals surface area contributed by atoms with Crippen LogP contribution in [0.2, 0.25) is 0 Å². The van der Waals surface area contributed by atoms with Crippen molar-refractivity contribution in [1.82, 2.24) is 0 Å². The number of hydrogen-bond acceptors (Lipinski definition) is 0. The summed E-state index contributed by atoms with van der Waals surface area (Å²) >= 11 is 0. The zero-order chi connectivity index (χ0) is 8.81. The lowest BCUT2D eigenvalue weighted by molar-refractivity contribution is 0.851. The molecule has 0 aliphatic heterocycles. The Hall–Kier alpha value is 0.430. The van der Waals surface area contributed by atoms with Crippen molar-refractivity contribution in [1.29, 1.82) is 0 Å². The Labute approximate surface area is 78.9 Å². The second-order valence-electron chi connectivity index (χ2n) is 3.92. The van der Waals surface area contributed by atoms with Gasteiger partial charge in [-0.2, -0.15) is 0 Å². The zero-order valence-electron chi connectivity index (χ0n) is 8.68. The van der Waals surface area contributed by atoms with E-state index in [1.165, 1.54) is 31.8 Å². The molecule has 0 saturated heterocycles. The fourth-order valence-corrected chi connectivity index (χ4v) is 5.25. The van der Waals surface area contributed by atoms with Crippen LogP contribution in [-0.2, 0) is 0 Å². The maximum absolute atomic E-state index is 2.40. The average molecular weight is 186 g/mol. The summed E-state index contributed by atoms with van der Waals surface area (Å²) in [4.78, 5) is 0. The molecule has 0 bridgehead atoms. The fraction of sp³-hybridized carbons (Fsp3) is 1.00. The molecular weight excluding hydrogens is 163 g/mol. The van der Waals surface area contributed by atoms with Crippen LogP contribution in [-0.4, -0.2) is 18.0 Å². The molecule has 0 radical (unpaired) electrons. The molecule has 72 valence electrons. The summed E-state index contributed by atoms with van der Waals surface area (Å²) in [5, 5.41) is 0. The Morgan fingerprint density at radius 2 is 1.83 bits per heavy atom. The molecule has 1 atom stereocenters. The summed E-state index contributed by atoms with van der Waals surface area (Å²) in [5.41, 5.74) is 1.16. The van der Waals surface area contributed by atoms with Gasteiger partial charge in [-0.3, -0.25) is 0 Å². The van der Waals surface area contributed by atoms with E-state index in [1.54, 1.807) is 19.0 Å². The Kier molecular flexibility index (Phi) is 5.23. The molecular formula is C11H23P. The summed E-state index contributed by atoms with van der Waals surface area (Å²) in [5.74, 6) is 0. The summed E-state index contributed by atoms with van der Waals surface area (Å²) < 4.78 is 0. The fourth-order valence-electron chi connectivity index (χ4n) is 2.23.